The van der Waals surface area contributed by atoms with Crippen molar-refractivity contribution < 1.29 is 19.1 Å². The van der Waals surface area contributed by atoms with Gasteiger partial charge in [0.05, 0.1) is 28.2 Å². The van der Waals surface area contributed by atoms with Crippen LogP contribution in [0, 0.1) is 5.41 Å². The molecule has 6 aliphatic rings. The van der Waals surface area contributed by atoms with Crippen molar-refractivity contribution in [2.24, 2.45) is 5.41 Å². The van der Waals surface area contributed by atoms with Crippen LogP contribution in [0.15, 0.2) is 28.4 Å². The van der Waals surface area contributed by atoms with Crippen LogP contribution < -0.4 is 5.32 Å². The maximum absolute atomic E-state index is 13.4. The molecule has 5 heterocycles. The topological polar surface area (TPSA) is 91.5 Å². The van der Waals surface area contributed by atoms with Crippen molar-refractivity contribution in [1.82, 2.24) is 15.2 Å². The zero-order chi connectivity index (χ0) is 18.9. The van der Waals surface area contributed by atoms with E-state index in [1.54, 1.807) is 17.8 Å². The molecule has 142 valence electrons. The van der Waals surface area contributed by atoms with Crippen LogP contribution >= 0.6 is 11.8 Å². The van der Waals surface area contributed by atoms with Gasteiger partial charge >= 0.3 is 5.97 Å². The Morgan fingerprint density at radius 3 is 3.07 bits per heavy atom. The average Bonchev–Trinajstić information content (AvgIpc) is 3.19. The number of esters is 1. The van der Waals surface area contributed by atoms with Gasteiger partial charge in [0.25, 0.3) is 0 Å². The van der Waals surface area contributed by atoms with Crippen LogP contribution in [0.4, 0.5) is 0 Å². The minimum atomic E-state index is -0.576. The quantitative estimate of drug-likeness (QED) is 0.691. The van der Waals surface area contributed by atoms with Crippen molar-refractivity contribution in [1.29, 1.82) is 0 Å². The Morgan fingerprint density at radius 1 is 1.39 bits per heavy atom. The largest absolute Gasteiger partial charge is 0.459 e. The van der Waals surface area contributed by atoms with Crippen LogP contribution in [0.1, 0.15) is 41.0 Å². The summed E-state index contributed by atoms with van der Waals surface area (Å²) in [6, 6.07) is -0.612. The highest BCUT2D eigenvalue weighted by Crippen LogP contribution is 2.69. The van der Waals surface area contributed by atoms with Crippen LogP contribution in [0.5, 0.6) is 0 Å². The molecule has 1 aromatic rings. The Kier molecular flexibility index (Phi) is 2.58. The lowest BCUT2D eigenvalue weighted by atomic mass is 9.56. The molecule has 2 fully saturated rings. The fourth-order valence-corrected chi connectivity index (χ4v) is 7.93. The van der Waals surface area contributed by atoms with Crippen molar-refractivity contribution >= 4 is 29.3 Å². The number of carbonyl (C=O) groups excluding carboxylic acids is 3. The second-order valence-electron chi connectivity index (χ2n) is 8.42. The molecule has 5 unspecified atom stereocenters. The minimum Gasteiger partial charge on any atom is -0.459 e. The van der Waals surface area contributed by atoms with E-state index in [1.165, 1.54) is 6.92 Å². The molecule has 0 amide bonds. The van der Waals surface area contributed by atoms with E-state index in [1.807, 2.05) is 6.20 Å². The third-order valence-electron chi connectivity index (χ3n) is 7.24. The highest BCUT2D eigenvalue weighted by Gasteiger charge is 2.70. The molecule has 8 heteroatoms. The lowest BCUT2D eigenvalue weighted by molar-refractivity contribution is -0.166. The predicted molar refractivity (Wildman–Crippen MR) is 99.3 cm³/mol. The normalized spacial score (nSPS) is 39.0. The predicted octanol–water partition coefficient (Wildman–Crippen LogP) is 1.20. The summed E-state index contributed by atoms with van der Waals surface area (Å²) >= 11 is 1.60. The molecule has 2 saturated heterocycles. The summed E-state index contributed by atoms with van der Waals surface area (Å²) < 4.78 is 5.87. The molecule has 2 N–H and O–H groups in total. The first-order chi connectivity index (χ1) is 13.5. The molecule has 1 aromatic heterocycles. The Hall–Kier alpha value is -2.32. The zero-order valence-electron chi connectivity index (χ0n) is 15.1. The van der Waals surface area contributed by atoms with Crippen molar-refractivity contribution in [2.75, 3.05) is 6.54 Å². The molecule has 7 rings (SSSR count). The minimum absolute atomic E-state index is 0.00433. The first-order valence-electron chi connectivity index (χ1n) is 9.62. The number of H-pyrrole nitrogens is 1. The van der Waals surface area contributed by atoms with Gasteiger partial charge in [-0.1, -0.05) is 0 Å². The number of thioether (sulfide) groups is 1. The van der Waals surface area contributed by atoms with Gasteiger partial charge in [-0.25, -0.2) is 0 Å². The molecule has 3 bridgehead atoms. The summed E-state index contributed by atoms with van der Waals surface area (Å²) in [5, 5.41) is 3.44. The maximum atomic E-state index is 13.4. The number of allylic oxidation sites excluding steroid dienone is 1. The molecular weight excluding hydrogens is 378 g/mol. The Labute approximate surface area is 164 Å². The average molecular weight is 395 g/mol. The molecule has 5 atom stereocenters. The van der Waals surface area contributed by atoms with Gasteiger partial charge in [-0.15, -0.1) is 11.8 Å². The number of rotatable bonds is 1. The van der Waals surface area contributed by atoms with E-state index in [2.05, 4.69) is 15.2 Å². The molecule has 7 nitrogen and oxygen atoms in total. The molecule has 1 spiro atoms. The molecule has 0 radical (unpaired) electrons. The van der Waals surface area contributed by atoms with Gasteiger partial charge in [-0.2, -0.15) is 0 Å². The van der Waals surface area contributed by atoms with Crippen LogP contribution in [0.25, 0.3) is 0 Å². The van der Waals surface area contributed by atoms with E-state index in [4.69, 9.17) is 4.74 Å². The summed E-state index contributed by atoms with van der Waals surface area (Å²) in [6.45, 7) is 2.10. The van der Waals surface area contributed by atoms with Gasteiger partial charge in [0.2, 0.25) is 5.78 Å². The number of nitrogens with one attached hydrogen (secondary N) is 2. The molecule has 2 aliphatic carbocycles. The number of aromatic amines is 1. The third-order valence-corrected chi connectivity index (χ3v) is 8.54. The molecule has 28 heavy (non-hydrogen) atoms. The maximum Gasteiger partial charge on any atom is 0.303 e. The second kappa shape index (κ2) is 4.63. The number of hydrogen-bond acceptors (Lipinski definition) is 7. The van der Waals surface area contributed by atoms with Crippen LogP contribution in [-0.2, 0) is 20.7 Å². The summed E-state index contributed by atoms with van der Waals surface area (Å²) in [4.78, 5) is 44.9. The molecule has 0 aromatic carbocycles. The number of hydrogen-bond donors (Lipinski definition) is 2. The highest BCUT2D eigenvalue weighted by atomic mass is 32.2. The standard InChI is InChI=1S/C20H17N3O4S/c1-7(24)27-19-16-9(25)4-10-20(19)5-11(28-10)22-15-13(20)17-12-8(2-3-23(16)17)6-21-14(12)18(15)26/h4,6,11,16-17,19,21-22H,2-3,5H2,1H3. The highest BCUT2D eigenvalue weighted by molar-refractivity contribution is 8.04. The zero-order valence-corrected chi connectivity index (χ0v) is 15.9. The molecule has 4 aliphatic heterocycles. The van der Waals surface area contributed by atoms with Crippen molar-refractivity contribution in [2.45, 2.75) is 43.3 Å². The van der Waals surface area contributed by atoms with Crippen molar-refractivity contribution in [3.63, 3.8) is 0 Å². The van der Waals surface area contributed by atoms with Gasteiger partial charge in [0.15, 0.2) is 5.78 Å². The Bertz CT molecular complexity index is 1100. The van der Waals surface area contributed by atoms with Crippen LogP contribution in [-0.4, -0.2) is 51.5 Å². The van der Waals surface area contributed by atoms with E-state index in [-0.39, 0.29) is 29.0 Å². The third kappa shape index (κ3) is 1.48. The summed E-state index contributed by atoms with van der Waals surface area (Å²) in [7, 11) is 0. The number of fused-ring (bicyclic) bond motifs is 3. The second-order valence-corrected chi connectivity index (χ2v) is 9.67. The lowest BCUT2D eigenvalue weighted by Gasteiger charge is -2.60. The Morgan fingerprint density at radius 2 is 2.25 bits per heavy atom. The van der Waals surface area contributed by atoms with Gasteiger partial charge in [0.1, 0.15) is 12.1 Å². The summed E-state index contributed by atoms with van der Waals surface area (Å²) in [5.41, 5.74) is 3.89. The summed E-state index contributed by atoms with van der Waals surface area (Å²) in [5.74, 6) is -0.393. The molecule has 0 saturated carbocycles. The van der Waals surface area contributed by atoms with Gasteiger partial charge in [-0.05, 0) is 30.1 Å². The van der Waals surface area contributed by atoms with Crippen LogP contribution in [0.2, 0.25) is 0 Å². The number of carbonyl (C=O) groups is 3. The molecular formula is C20H17N3O4S. The van der Waals surface area contributed by atoms with Crippen molar-refractivity contribution in [3.05, 3.63) is 45.3 Å². The van der Waals surface area contributed by atoms with Crippen LogP contribution in [0.3, 0.4) is 0 Å². The van der Waals surface area contributed by atoms with E-state index in [0.29, 0.717) is 17.9 Å². The Balaban J connectivity index is 1.60. The van der Waals surface area contributed by atoms with Gasteiger partial charge < -0.3 is 15.0 Å². The van der Waals surface area contributed by atoms with Crippen molar-refractivity contribution in [3.8, 4) is 0 Å². The summed E-state index contributed by atoms with van der Waals surface area (Å²) in [6.07, 6.45) is 4.61. The first kappa shape index (κ1) is 15.6. The SMILES string of the molecule is CC(=O)OC1C2C(=O)C=C3SC4CC31C1=C(N4)C(=O)c3[nH]cc4c3C1N2CC4. The number of nitrogens with zero attached hydrogens (tertiary/aromatic N) is 1. The monoisotopic (exact) mass is 395 g/mol. The number of ketones is 2. The van der Waals surface area contributed by atoms with E-state index in [9.17, 15) is 14.4 Å². The lowest BCUT2D eigenvalue weighted by Crippen LogP contribution is -2.68. The number of piperidine rings is 1. The van der Waals surface area contributed by atoms with E-state index >= 15 is 0 Å². The fraction of sp³-hybridized carbons (Fsp3) is 0.450. The number of ether oxygens (including phenoxy) is 1. The number of Topliss-reactive ketones (excluding diaryl/α,β-unsaturated/α-hetero) is 1. The van der Waals surface area contributed by atoms with E-state index in [0.717, 1.165) is 34.4 Å². The first-order valence-corrected chi connectivity index (χ1v) is 10.5. The fourth-order valence-electron chi connectivity index (χ4n) is 6.40. The number of aromatic nitrogens is 1. The van der Waals surface area contributed by atoms with E-state index < -0.39 is 17.6 Å². The smallest absolute Gasteiger partial charge is 0.303 e. The van der Waals surface area contributed by atoms with Gasteiger partial charge in [-0.3, -0.25) is 19.3 Å². The van der Waals surface area contributed by atoms with Gasteiger partial charge in [0, 0.05) is 30.1 Å².